The number of allylic oxidation sites excluding steroid dienone is 3. The number of esters is 1. The smallest absolute Gasteiger partial charge is 0.339 e. The first-order valence-corrected chi connectivity index (χ1v) is 13.3. The Hall–Kier alpha value is -4.66. The maximum absolute atomic E-state index is 13.7. The van der Waals surface area contributed by atoms with E-state index in [1.165, 1.54) is 19.2 Å². The van der Waals surface area contributed by atoms with Crippen molar-refractivity contribution in [3.63, 3.8) is 0 Å². The zero-order chi connectivity index (χ0) is 29.5. The van der Waals surface area contributed by atoms with Crippen molar-refractivity contribution in [2.45, 2.75) is 39.2 Å². The van der Waals surface area contributed by atoms with Crippen molar-refractivity contribution in [1.82, 2.24) is 0 Å². The van der Waals surface area contributed by atoms with Gasteiger partial charge in [-0.15, -0.1) is 6.58 Å². The molecule has 9 nitrogen and oxygen atoms in total. The molecular formula is C32H31NO8. The molecule has 0 unspecified atom stereocenters. The van der Waals surface area contributed by atoms with Gasteiger partial charge in [-0.2, -0.15) is 0 Å². The normalized spacial score (nSPS) is 20.3. The molecule has 1 aliphatic carbocycles. The van der Waals surface area contributed by atoms with Crippen LogP contribution >= 0.6 is 0 Å². The highest BCUT2D eigenvalue weighted by molar-refractivity contribution is 6.22. The number of fused-ring (bicyclic) bond motifs is 5. The van der Waals surface area contributed by atoms with E-state index in [-0.39, 0.29) is 34.8 Å². The van der Waals surface area contributed by atoms with Gasteiger partial charge in [-0.05, 0) is 48.3 Å². The predicted molar refractivity (Wildman–Crippen MR) is 155 cm³/mol. The Bertz CT molecular complexity index is 1650. The lowest BCUT2D eigenvalue weighted by atomic mass is 9.64. The minimum Gasteiger partial charge on any atom is -0.496 e. The Balaban J connectivity index is 1.58. The Labute approximate surface area is 237 Å². The van der Waals surface area contributed by atoms with Crippen LogP contribution in [0.2, 0.25) is 0 Å². The summed E-state index contributed by atoms with van der Waals surface area (Å²) >= 11 is 0. The fourth-order valence-corrected chi connectivity index (χ4v) is 6.19. The molecule has 212 valence electrons. The Kier molecular flexibility index (Phi) is 7.29. The lowest BCUT2D eigenvalue weighted by Crippen LogP contribution is -2.33. The van der Waals surface area contributed by atoms with Gasteiger partial charge in [-0.25, -0.2) is 4.79 Å². The van der Waals surface area contributed by atoms with Crippen LogP contribution < -0.4 is 14.2 Å². The molecule has 0 saturated carbocycles. The molecule has 0 bridgehead atoms. The zero-order valence-corrected chi connectivity index (χ0v) is 23.2. The van der Waals surface area contributed by atoms with E-state index in [2.05, 4.69) is 19.2 Å². The average Bonchev–Trinajstić information content (AvgIpc) is 3.44. The van der Waals surface area contributed by atoms with Crippen molar-refractivity contribution >= 4 is 39.5 Å². The molecule has 3 aromatic carbocycles. The number of hydrogen-bond acceptors (Lipinski definition) is 8. The molecule has 0 aromatic heterocycles. The zero-order valence-electron chi connectivity index (χ0n) is 23.2. The molecule has 9 heteroatoms. The molecule has 0 N–H and O–H groups in total. The van der Waals surface area contributed by atoms with E-state index in [9.17, 15) is 19.7 Å². The number of carbonyl (C=O) groups excluding carboxylic acids is 2. The van der Waals surface area contributed by atoms with Crippen LogP contribution in [0.4, 0.5) is 5.69 Å². The van der Waals surface area contributed by atoms with Crippen molar-refractivity contribution in [2.75, 3.05) is 13.9 Å². The number of rotatable bonds is 9. The van der Waals surface area contributed by atoms with Gasteiger partial charge in [0.15, 0.2) is 11.5 Å². The molecular weight excluding hydrogens is 526 g/mol. The monoisotopic (exact) mass is 557 g/mol. The number of hydrogen-bond donors (Lipinski definition) is 0. The Morgan fingerprint density at radius 3 is 2.73 bits per heavy atom. The van der Waals surface area contributed by atoms with Gasteiger partial charge in [0, 0.05) is 29.2 Å². The van der Waals surface area contributed by atoms with Crippen molar-refractivity contribution < 1.29 is 33.5 Å². The number of carbonyl (C=O) groups is 2. The average molecular weight is 558 g/mol. The largest absolute Gasteiger partial charge is 0.496 e. The van der Waals surface area contributed by atoms with Crippen LogP contribution in [0, 0.1) is 21.4 Å². The van der Waals surface area contributed by atoms with Crippen LogP contribution in [-0.4, -0.2) is 37.2 Å². The third-order valence-electron chi connectivity index (χ3n) is 8.11. The standard InChI is InChI=1S/C32H31NO8/c1-6-32(4)12-8-9-20(29(32)18(2)16-34)13-19(3)41-31(35)23-15-26-30(40-17-39-26)28-21-10-7-11-25(38-5)22(21)14-24(27(23)28)33(36)37/h6-7,9-11,14-16,19,29H,1-2,8,12-13,17H2,3-5H3/t19-,29-,32-/m0/s1. The Morgan fingerprint density at radius 1 is 1.27 bits per heavy atom. The fraction of sp³-hybridized carbons (Fsp3) is 0.312. The molecule has 1 aliphatic heterocycles. The first-order chi connectivity index (χ1) is 19.6. The van der Waals surface area contributed by atoms with Crippen LogP contribution in [0.1, 0.15) is 43.5 Å². The summed E-state index contributed by atoms with van der Waals surface area (Å²) in [5.41, 5.74) is 0.735. The molecule has 0 radical (unpaired) electrons. The maximum Gasteiger partial charge on any atom is 0.339 e. The molecule has 2 aliphatic rings. The third kappa shape index (κ3) is 4.71. The number of nitrogens with zero attached hydrogens (tertiary/aromatic N) is 1. The number of nitro groups is 1. The Morgan fingerprint density at radius 2 is 2.05 bits per heavy atom. The molecule has 3 aromatic rings. The summed E-state index contributed by atoms with van der Waals surface area (Å²) in [5, 5.41) is 13.9. The van der Waals surface area contributed by atoms with Gasteiger partial charge in [-0.1, -0.05) is 43.4 Å². The second kappa shape index (κ2) is 10.7. The van der Waals surface area contributed by atoms with Crippen LogP contribution in [-0.2, 0) is 9.53 Å². The predicted octanol–water partition coefficient (Wildman–Crippen LogP) is 6.86. The van der Waals surface area contributed by atoms with Gasteiger partial charge in [0.2, 0.25) is 6.79 Å². The lowest BCUT2D eigenvalue weighted by Gasteiger charge is -2.40. The summed E-state index contributed by atoms with van der Waals surface area (Å²) < 4.78 is 22.7. The summed E-state index contributed by atoms with van der Waals surface area (Å²) in [4.78, 5) is 37.2. The summed E-state index contributed by atoms with van der Waals surface area (Å²) in [7, 11) is 1.48. The van der Waals surface area contributed by atoms with Crippen LogP contribution in [0.25, 0.3) is 21.5 Å². The van der Waals surface area contributed by atoms with Crippen LogP contribution in [0.3, 0.4) is 0 Å². The number of non-ortho nitro benzene ring substituents is 1. The van der Waals surface area contributed by atoms with E-state index in [1.807, 2.05) is 13.0 Å². The van der Waals surface area contributed by atoms with Crippen molar-refractivity contribution in [3.8, 4) is 17.2 Å². The number of methoxy groups -OCH3 is 1. The summed E-state index contributed by atoms with van der Waals surface area (Å²) in [6.45, 7) is 11.7. The third-order valence-corrected chi connectivity index (χ3v) is 8.11. The minimum absolute atomic E-state index is 0.00470. The van der Waals surface area contributed by atoms with E-state index < -0.39 is 17.0 Å². The van der Waals surface area contributed by atoms with E-state index >= 15 is 0 Å². The highest BCUT2D eigenvalue weighted by atomic mass is 16.7. The van der Waals surface area contributed by atoms with Gasteiger partial charge < -0.3 is 18.9 Å². The van der Waals surface area contributed by atoms with Crippen molar-refractivity contribution in [2.24, 2.45) is 11.3 Å². The molecule has 0 saturated heterocycles. The van der Waals surface area contributed by atoms with E-state index in [1.54, 1.807) is 25.1 Å². The first-order valence-electron chi connectivity index (χ1n) is 13.3. The second-order valence-electron chi connectivity index (χ2n) is 10.7. The first kappa shape index (κ1) is 27.9. The van der Waals surface area contributed by atoms with E-state index in [4.69, 9.17) is 18.9 Å². The summed E-state index contributed by atoms with van der Waals surface area (Å²) in [5.74, 6) is 0.0557. The highest BCUT2D eigenvalue weighted by Crippen LogP contribution is 2.50. The topological polar surface area (TPSA) is 114 Å². The molecule has 0 fully saturated rings. The number of nitro benzene ring substituents is 1. The fourth-order valence-electron chi connectivity index (χ4n) is 6.19. The van der Waals surface area contributed by atoms with Crippen LogP contribution in [0.5, 0.6) is 17.2 Å². The molecule has 0 amide bonds. The number of ether oxygens (including phenoxy) is 4. The number of aldehydes is 1. The highest BCUT2D eigenvalue weighted by Gasteiger charge is 2.38. The van der Waals surface area contributed by atoms with Crippen molar-refractivity contribution in [1.29, 1.82) is 0 Å². The lowest BCUT2D eigenvalue weighted by molar-refractivity contribution is -0.383. The van der Waals surface area contributed by atoms with E-state index in [0.29, 0.717) is 45.4 Å². The SMILES string of the molecule is C=C[C@@]1(C)CCC=C(C[C@H](C)OC(=O)c2cc3c(c4c2c([N+](=O)[O-])cc2c(OC)cccc24)OCO3)[C@@H]1C(=C)C=O. The second-order valence-corrected chi connectivity index (χ2v) is 10.7. The quantitative estimate of drug-likeness (QED) is 0.0533. The van der Waals surface area contributed by atoms with Gasteiger partial charge in [0.25, 0.3) is 5.69 Å². The molecule has 41 heavy (non-hydrogen) atoms. The van der Waals surface area contributed by atoms with Crippen molar-refractivity contribution in [3.05, 3.63) is 82.5 Å². The van der Waals surface area contributed by atoms with Gasteiger partial charge in [0.1, 0.15) is 18.1 Å². The summed E-state index contributed by atoms with van der Waals surface area (Å²) in [6, 6.07) is 8.09. The molecule has 0 spiro atoms. The van der Waals surface area contributed by atoms with Gasteiger partial charge in [0.05, 0.1) is 23.0 Å². The van der Waals surface area contributed by atoms with Gasteiger partial charge in [-0.3, -0.25) is 14.9 Å². The van der Waals surface area contributed by atoms with Crippen LogP contribution in [0.15, 0.2) is 66.8 Å². The molecule has 5 rings (SSSR count). The number of benzene rings is 3. The summed E-state index contributed by atoms with van der Waals surface area (Å²) in [6.07, 6.45) is 6.04. The molecule has 3 atom stereocenters. The minimum atomic E-state index is -0.736. The van der Waals surface area contributed by atoms with E-state index in [0.717, 1.165) is 24.7 Å². The maximum atomic E-state index is 13.7. The van der Waals surface area contributed by atoms with Gasteiger partial charge >= 0.3 is 5.97 Å². The molecule has 1 heterocycles.